The van der Waals surface area contributed by atoms with E-state index in [-0.39, 0.29) is 29.1 Å². The van der Waals surface area contributed by atoms with Crippen LogP contribution in [0.5, 0.6) is 5.75 Å². The largest absolute Gasteiger partial charge is 0.494 e. The lowest BCUT2D eigenvalue weighted by Gasteiger charge is -2.33. The number of amides is 2. The zero-order valence-electron chi connectivity index (χ0n) is 25.4. The molecule has 4 aromatic rings. The number of anilines is 1. The molecule has 0 saturated carbocycles. The number of hydrogen-bond donors (Lipinski definition) is 1. The minimum Gasteiger partial charge on any atom is -0.494 e. The predicted molar refractivity (Wildman–Crippen MR) is 175 cm³/mol. The first-order valence-electron chi connectivity index (χ1n) is 14.4. The van der Waals surface area contributed by atoms with E-state index in [1.807, 2.05) is 43.5 Å². The van der Waals surface area contributed by atoms with Gasteiger partial charge in [-0.3, -0.25) is 13.9 Å². The Morgan fingerprint density at radius 2 is 1.56 bits per heavy atom. The molecule has 11 heteroatoms. The number of nitrogens with one attached hydrogen (secondary N) is 1. The molecule has 0 saturated heterocycles. The van der Waals surface area contributed by atoms with Gasteiger partial charge in [0, 0.05) is 30.5 Å². The van der Waals surface area contributed by atoms with E-state index >= 15 is 0 Å². The second kappa shape index (κ2) is 15.6. The van der Waals surface area contributed by atoms with E-state index in [1.165, 1.54) is 54.0 Å². The number of ether oxygens (including phenoxy) is 1. The number of hydrogen-bond acceptors (Lipinski definition) is 6. The Hall–Kier alpha value is -4.35. The summed E-state index contributed by atoms with van der Waals surface area (Å²) >= 11 is 1.47. The molecule has 0 fully saturated rings. The Morgan fingerprint density at radius 1 is 0.911 bits per heavy atom. The van der Waals surface area contributed by atoms with E-state index in [9.17, 15) is 22.4 Å². The summed E-state index contributed by atoms with van der Waals surface area (Å²) in [6.45, 7) is 1.37. The Morgan fingerprint density at radius 3 is 2.16 bits per heavy atom. The van der Waals surface area contributed by atoms with Crippen molar-refractivity contribution in [2.24, 2.45) is 0 Å². The monoisotopic (exact) mass is 649 g/mol. The summed E-state index contributed by atoms with van der Waals surface area (Å²) in [4.78, 5) is 29.8. The molecular weight excluding hydrogens is 614 g/mol. The molecule has 4 rings (SSSR count). The minimum atomic E-state index is -4.26. The highest BCUT2D eigenvalue weighted by molar-refractivity contribution is 7.98. The van der Waals surface area contributed by atoms with Crippen molar-refractivity contribution in [3.8, 4) is 5.75 Å². The molecule has 8 nitrogen and oxygen atoms in total. The van der Waals surface area contributed by atoms with Gasteiger partial charge >= 0.3 is 0 Å². The van der Waals surface area contributed by atoms with Crippen LogP contribution in [0, 0.1) is 5.82 Å². The quantitative estimate of drug-likeness (QED) is 0.181. The highest BCUT2D eigenvalue weighted by Gasteiger charge is 2.34. The van der Waals surface area contributed by atoms with Gasteiger partial charge in [0.25, 0.3) is 10.0 Å². The molecule has 45 heavy (non-hydrogen) atoms. The molecule has 0 radical (unpaired) electrons. The van der Waals surface area contributed by atoms with Gasteiger partial charge in [0.15, 0.2) is 0 Å². The minimum absolute atomic E-state index is 0.00484. The molecule has 0 aromatic heterocycles. The van der Waals surface area contributed by atoms with Gasteiger partial charge in [0.2, 0.25) is 11.8 Å². The second-order valence-corrected chi connectivity index (χ2v) is 12.8. The zero-order chi connectivity index (χ0) is 32.4. The van der Waals surface area contributed by atoms with Crippen molar-refractivity contribution in [3.63, 3.8) is 0 Å². The highest BCUT2D eigenvalue weighted by Crippen LogP contribution is 2.28. The molecule has 0 bridgehead atoms. The lowest BCUT2D eigenvalue weighted by molar-refractivity contribution is -0.139. The molecule has 2 amide bonds. The topological polar surface area (TPSA) is 96.0 Å². The molecule has 0 aliphatic carbocycles. The molecule has 0 aliphatic heterocycles. The number of nitrogens with zero attached hydrogens (tertiary/aromatic N) is 2. The maximum Gasteiger partial charge on any atom is 0.264 e. The molecule has 0 aliphatic rings. The van der Waals surface area contributed by atoms with Crippen LogP contribution >= 0.6 is 11.8 Å². The molecule has 0 heterocycles. The summed E-state index contributed by atoms with van der Waals surface area (Å²) < 4.78 is 49.8. The van der Waals surface area contributed by atoms with Crippen molar-refractivity contribution < 1.29 is 27.1 Å². The smallest absolute Gasteiger partial charge is 0.264 e. The first-order chi connectivity index (χ1) is 21.7. The number of sulfonamides is 1. The third kappa shape index (κ3) is 8.43. The Balaban J connectivity index is 1.79. The lowest BCUT2D eigenvalue weighted by Crippen LogP contribution is -2.53. The van der Waals surface area contributed by atoms with Crippen LogP contribution < -0.4 is 14.4 Å². The fraction of sp³-hybridized carbons (Fsp3) is 0.235. The van der Waals surface area contributed by atoms with E-state index in [2.05, 4.69) is 5.32 Å². The van der Waals surface area contributed by atoms with E-state index in [1.54, 1.807) is 42.5 Å². The van der Waals surface area contributed by atoms with Crippen LogP contribution in [-0.2, 0) is 32.6 Å². The van der Waals surface area contributed by atoms with Gasteiger partial charge in [-0.2, -0.15) is 0 Å². The average molecular weight is 650 g/mol. The summed E-state index contributed by atoms with van der Waals surface area (Å²) in [6.07, 6.45) is 2.02. The molecule has 1 atom stereocenters. The van der Waals surface area contributed by atoms with Crippen LogP contribution in [0.3, 0.4) is 0 Å². The standard InChI is InChI=1S/C34H36FN3O5S2/c1-4-43-28-16-14-27(15-17-28)38(45(41,42)30-20-18-29(44-3)19-21-30)24-33(39)37(23-26-12-8-9-13-31(26)35)32(34(40)36-2)22-25-10-6-5-7-11-25/h5-21,32H,4,22-24H2,1-3H3,(H,36,40)/t32-/m1/s1. The third-order valence-corrected chi connectivity index (χ3v) is 9.71. The predicted octanol–water partition coefficient (Wildman–Crippen LogP) is 5.53. The fourth-order valence-electron chi connectivity index (χ4n) is 4.81. The van der Waals surface area contributed by atoms with Crippen molar-refractivity contribution >= 4 is 39.3 Å². The summed E-state index contributed by atoms with van der Waals surface area (Å²) in [5, 5.41) is 2.62. The van der Waals surface area contributed by atoms with Crippen LogP contribution in [0.1, 0.15) is 18.1 Å². The van der Waals surface area contributed by atoms with Crippen LogP contribution in [0.15, 0.2) is 113 Å². The maximum atomic E-state index is 14.9. The molecule has 4 aromatic carbocycles. The summed E-state index contributed by atoms with van der Waals surface area (Å²) in [5.74, 6) is -1.15. The Kier molecular flexibility index (Phi) is 11.6. The van der Waals surface area contributed by atoms with Crippen molar-refractivity contribution in [2.45, 2.75) is 35.7 Å². The van der Waals surface area contributed by atoms with Gasteiger partial charge in [-0.15, -0.1) is 11.8 Å². The molecule has 236 valence electrons. The summed E-state index contributed by atoms with van der Waals surface area (Å²) in [5.41, 5.74) is 1.20. The van der Waals surface area contributed by atoms with Crippen LogP contribution in [0.25, 0.3) is 0 Å². The van der Waals surface area contributed by atoms with Crippen molar-refractivity contribution in [3.05, 3.63) is 120 Å². The van der Waals surface area contributed by atoms with E-state index in [4.69, 9.17) is 4.74 Å². The first kappa shape index (κ1) is 33.5. The van der Waals surface area contributed by atoms with Crippen molar-refractivity contribution in [1.29, 1.82) is 0 Å². The normalized spacial score (nSPS) is 11.8. The van der Waals surface area contributed by atoms with Gasteiger partial charge in [-0.1, -0.05) is 48.5 Å². The van der Waals surface area contributed by atoms with Gasteiger partial charge in [-0.25, -0.2) is 12.8 Å². The molecular formula is C34H36FN3O5S2. The fourth-order valence-corrected chi connectivity index (χ4v) is 6.63. The molecule has 1 N–H and O–H groups in total. The number of carbonyl (C=O) groups is 2. The Labute approximate surface area is 268 Å². The average Bonchev–Trinajstić information content (AvgIpc) is 3.06. The maximum absolute atomic E-state index is 14.9. The lowest BCUT2D eigenvalue weighted by atomic mass is 10.0. The number of rotatable bonds is 14. The highest BCUT2D eigenvalue weighted by atomic mass is 32.2. The number of halogens is 1. The van der Waals surface area contributed by atoms with E-state index in [0.29, 0.717) is 12.4 Å². The zero-order valence-corrected chi connectivity index (χ0v) is 27.0. The van der Waals surface area contributed by atoms with Gasteiger partial charge in [0.1, 0.15) is 24.2 Å². The summed E-state index contributed by atoms with van der Waals surface area (Å²) in [6, 6.07) is 26.8. The number of thioether (sulfide) groups is 1. The van der Waals surface area contributed by atoms with Gasteiger partial charge in [-0.05, 0) is 73.3 Å². The van der Waals surface area contributed by atoms with Crippen LogP contribution in [0.4, 0.5) is 10.1 Å². The third-order valence-electron chi connectivity index (χ3n) is 7.18. The summed E-state index contributed by atoms with van der Waals surface area (Å²) in [7, 11) is -2.80. The van der Waals surface area contributed by atoms with Crippen LogP contribution in [0.2, 0.25) is 0 Å². The first-order valence-corrected chi connectivity index (χ1v) is 17.0. The number of likely N-dealkylation sites (N-methyl/N-ethyl adjacent to an activating group) is 1. The van der Waals surface area contributed by atoms with Crippen molar-refractivity contribution in [2.75, 3.05) is 30.8 Å². The second-order valence-electron chi connectivity index (χ2n) is 10.0. The number of carbonyl (C=O) groups excluding carboxylic acids is 2. The van der Waals surface area contributed by atoms with Gasteiger partial charge < -0.3 is 15.0 Å². The number of benzene rings is 4. The molecule has 0 unspecified atom stereocenters. The molecule has 0 spiro atoms. The van der Waals surface area contributed by atoms with E-state index < -0.39 is 40.2 Å². The van der Waals surface area contributed by atoms with Gasteiger partial charge in [0.05, 0.1) is 17.2 Å². The van der Waals surface area contributed by atoms with Crippen molar-refractivity contribution in [1.82, 2.24) is 10.2 Å². The van der Waals surface area contributed by atoms with Crippen LogP contribution in [-0.4, -0.2) is 57.6 Å². The van der Waals surface area contributed by atoms with E-state index in [0.717, 1.165) is 14.8 Å². The SMILES string of the molecule is CCOc1ccc(N(CC(=O)N(Cc2ccccc2F)[C@H](Cc2ccccc2)C(=O)NC)S(=O)(=O)c2ccc(SC)cc2)cc1. The Bertz CT molecular complexity index is 1690.